The molecule has 1 aliphatic heterocycles. The van der Waals surface area contributed by atoms with Gasteiger partial charge >= 0.3 is 0 Å². The number of anilines is 2. The van der Waals surface area contributed by atoms with Crippen molar-refractivity contribution < 1.29 is 14.3 Å². The fraction of sp³-hybridized carbons (Fsp3) is 0.440. The van der Waals surface area contributed by atoms with E-state index >= 15 is 0 Å². The summed E-state index contributed by atoms with van der Waals surface area (Å²) in [5.74, 6) is 0.962. The number of piperazine rings is 1. The number of amides is 2. The summed E-state index contributed by atoms with van der Waals surface area (Å²) in [4.78, 5) is 29.0. The van der Waals surface area contributed by atoms with Crippen molar-refractivity contribution in [2.75, 3.05) is 43.0 Å². The van der Waals surface area contributed by atoms with Gasteiger partial charge in [0, 0.05) is 37.6 Å². The predicted molar refractivity (Wildman–Crippen MR) is 130 cm³/mol. The number of carbonyl (C=O) groups excluding carboxylic acids is 2. The van der Waals surface area contributed by atoms with Gasteiger partial charge in [0.15, 0.2) is 6.61 Å². The Kier molecular flexibility index (Phi) is 8.39. The normalized spacial score (nSPS) is 13.9. The molecule has 32 heavy (non-hydrogen) atoms. The van der Waals surface area contributed by atoms with Crippen LogP contribution in [0.5, 0.6) is 5.75 Å². The van der Waals surface area contributed by atoms with Crippen LogP contribution < -0.4 is 15.0 Å². The summed E-state index contributed by atoms with van der Waals surface area (Å²) < 4.78 is 5.62. The van der Waals surface area contributed by atoms with E-state index in [1.54, 1.807) is 6.07 Å². The van der Waals surface area contributed by atoms with Gasteiger partial charge in [0.25, 0.3) is 5.91 Å². The van der Waals surface area contributed by atoms with Gasteiger partial charge in [-0.25, -0.2) is 0 Å². The maximum Gasteiger partial charge on any atom is 0.262 e. The number of rotatable bonds is 8. The molecule has 0 unspecified atom stereocenters. The van der Waals surface area contributed by atoms with Gasteiger partial charge in [-0.2, -0.15) is 0 Å². The molecule has 7 heteroatoms. The first kappa shape index (κ1) is 23.9. The molecule has 6 nitrogen and oxygen atoms in total. The van der Waals surface area contributed by atoms with E-state index in [9.17, 15) is 9.59 Å². The molecule has 0 aliphatic carbocycles. The third-order valence-corrected chi connectivity index (χ3v) is 5.73. The first-order valence-corrected chi connectivity index (χ1v) is 11.6. The molecular formula is C25H32ClN3O3. The summed E-state index contributed by atoms with van der Waals surface area (Å²) in [7, 11) is 0. The Bertz CT molecular complexity index is 923. The van der Waals surface area contributed by atoms with Crippen molar-refractivity contribution in [3.05, 3.63) is 53.1 Å². The van der Waals surface area contributed by atoms with Gasteiger partial charge in [-0.3, -0.25) is 9.59 Å². The second-order valence-electron chi connectivity index (χ2n) is 8.46. The van der Waals surface area contributed by atoms with E-state index in [1.165, 1.54) is 5.56 Å². The Hall–Kier alpha value is -2.73. The van der Waals surface area contributed by atoms with Gasteiger partial charge in [0.1, 0.15) is 5.75 Å². The van der Waals surface area contributed by atoms with E-state index < -0.39 is 0 Å². The standard InChI is InChI=1S/C25H32ClN3O3/c1-4-19-5-8-21(9-6-19)32-17-24(30)27-22-16-20(26)7-10-23(22)28-11-13-29(14-12-28)25(31)15-18(2)3/h5-10,16,18H,4,11-15,17H2,1-3H3,(H,27,30). The number of aryl methyl sites for hydroxylation is 1. The van der Waals surface area contributed by atoms with E-state index in [4.69, 9.17) is 16.3 Å². The first-order valence-electron chi connectivity index (χ1n) is 11.2. The molecule has 0 aromatic heterocycles. The van der Waals surface area contributed by atoms with Crippen molar-refractivity contribution >= 4 is 34.8 Å². The van der Waals surface area contributed by atoms with Crippen LogP contribution in [0.4, 0.5) is 11.4 Å². The summed E-state index contributed by atoms with van der Waals surface area (Å²) >= 11 is 6.20. The fourth-order valence-electron chi connectivity index (χ4n) is 3.72. The molecule has 3 rings (SSSR count). The summed E-state index contributed by atoms with van der Waals surface area (Å²) in [6.45, 7) is 8.85. The van der Waals surface area contributed by atoms with E-state index in [1.807, 2.05) is 41.3 Å². The molecule has 2 amide bonds. The zero-order valence-corrected chi connectivity index (χ0v) is 19.8. The van der Waals surface area contributed by atoms with Crippen molar-refractivity contribution in [2.45, 2.75) is 33.6 Å². The molecule has 0 bridgehead atoms. The Morgan fingerprint density at radius 1 is 1.06 bits per heavy atom. The van der Waals surface area contributed by atoms with Crippen molar-refractivity contribution in [3.63, 3.8) is 0 Å². The van der Waals surface area contributed by atoms with Gasteiger partial charge < -0.3 is 19.9 Å². The lowest BCUT2D eigenvalue weighted by molar-refractivity contribution is -0.132. The Morgan fingerprint density at radius 3 is 2.38 bits per heavy atom. The molecule has 1 heterocycles. The van der Waals surface area contributed by atoms with Crippen LogP contribution in [-0.2, 0) is 16.0 Å². The molecule has 0 spiro atoms. The third-order valence-electron chi connectivity index (χ3n) is 5.49. The number of nitrogens with one attached hydrogen (secondary N) is 1. The first-order chi connectivity index (χ1) is 15.4. The minimum Gasteiger partial charge on any atom is -0.484 e. The molecule has 2 aromatic carbocycles. The van der Waals surface area contributed by atoms with Crippen molar-refractivity contribution in [1.29, 1.82) is 0 Å². The maximum absolute atomic E-state index is 12.5. The summed E-state index contributed by atoms with van der Waals surface area (Å²) in [5.41, 5.74) is 2.76. The Morgan fingerprint density at radius 2 is 1.75 bits per heavy atom. The highest BCUT2D eigenvalue weighted by molar-refractivity contribution is 6.31. The maximum atomic E-state index is 12.5. The quantitative estimate of drug-likeness (QED) is 0.628. The van der Waals surface area contributed by atoms with Gasteiger partial charge in [-0.15, -0.1) is 0 Å². The molecule has 2 aromatic rings. The van der Waals surface area contributed by atoms with Gasteiger partial charge in [-0.1, -0.05) is 44.5 Å². The van der Waals surface area contributed by atoms with Gasteiger partial charge in [0.2, 0.25) is 5.91 Å². The number of hydrogen-bond donors (Lipinski definition) is 1. The zero-order chi connectivity index (χ0) is 23.1. The summed E-state index contributed by atoms with van der Waals surface area (Å²) in [5, 5.41) is 3.48. The smallest absolute Gasteiger partial charge is 0.262 e. The minimum absolute atomic E-state index is 0.0884. The van der Waals surface area contributed by atoms with Crippen LogP contribution in [0, 0.1) is 5.92 Å². The van der Waals surface area contributed by atoms with Gasteiger partial charge in [0.05, 0.1) is 11.4 Å². The van der Waals surface area contributed by atoms with Crippen LogP contribution in [-0.4, -0.2) is 49.5 Å². The molecular weight excluding hydrogens is 426 g/mol. The number of nitrogens with zero attached hydrogens (tertiary/aromatic N) is 2. The molecule has 0 saturated carbocycles. The molecule has 0 atom stereocenters. The Labute approximate surface area is 195 Å². The largest absolute Gasteiger partial charge is 0.484 e. The average molecular weight is 458 g/mol. The number of carbonyl (C=O) groups is 2. The SMILES string of the molecule is CCc1ccc(OCC(=O)Nc2cc(Cl)ccc2N2CCN(C(=O)CC(C)C)CC2)cc1. The third kappa shape index (κ3) is 6.63. The minimum atomic E-state index is -0.251. The molecule has 1 N–H and O–H groups in total. The highest BCUT2D eigenvalue weighted by atomic mass is 35.5. The fourth-order valence-corrected chi connectivity index (χ4v) is 3.89. The van der Waals surface area contributed by atoms with Crippen LogP contribution in [0.1, 0.15) is 32.8 Å². The monoisotopic (exact) mass is 457 g/mol. The van der Waals surface area contributed by atoms with E-state index in [2.05, 4.69) is 31.0 Å². The second-order valence-corrected chi connectivity index (χ2v) is 8.90. The Balaban J connectivity index is 1.60. The van der Waals surface area contributed by atoms with Crippen LogP contribution in [0.25, 0.3) is 0 Å². The second kappa shape index (κ2) is 11.2. The topological polar surface area (TPSA) is 61.9 Å². The van der Waals surface area contributed by atoms with Crippen molar-refractivity contribution in [3.8, 4) is 5.75 Å². The van der Waals surface area contributed by atoms with Crippen LogP contribution in [0.15, 0.2) is 42.5 Å². The number of benzene rings is 2. The van der Waals surface area contributed by atoms with Crippen LogP contribution in [0.3, 0.4) is 0 Å². The highest BCUT2D eigenvalue weighted by Crippen LogP contribution is 2.30. The van der Waals surface area contributed by atoms with Crippen molar-refractivity contribution in [1.82, 2.24) is 4.90 Å². The van der Waals surface area contributed by atoms with E-state index in [0.717, 1.165) is 12.1 Å². The van der Waals surface area contributed by atoms with E-state index in [0.29, 0.717) is 55.0 Å². The van der Waals surface area contributed by atoms with E-state index in [-0.39, 0.29) is 18.4 Å². The number of ether oxygens (including phenoxy) is 1. The average Bonchev–Trinajstić information content (AvgIpc) is 2.78. The molecule has 172 valence electrons. The number of halogens is 1. The summed E-state index contributed by atoms with van der Waals surface area (Å²) in [6.07, 6.45) is 1.53. The summed E-state index contributed by atoms with van der Waals surface area (Å²) in [6, 6.07) is 13.2. The van der Waals surface area contributed by atoms with Crippen LogP contribution in [0.2, 0.25) is 5.02 Å². The lowest BCUT2D eigenvalue weighted by atomic mass is 10.1. The van der Waals surface area contributed by atoms with Crippen molar-refractivity contribution in [2.24, 2.45) is 5.92 Å². The highest BCUT2D eigenvalue weighted by Gasteiger charge is 2.23. The molecule has 1 saturated heterocycles. The molecule has 1 fully saturated rings. The predicted octanol–water partition coefficient (Wildman–Crippen LogP) is 4.61. The lowest BCUT2D eigenvalue weighted by Crippen LogP contribution is -2.49. The lowest BCUT2D eigenvalue weighted by Gasteiger charge is -2.37. The number of hydrogen-bond acceptors (Lipinski definition) is 4. The van der Waals surface area contributed by atoms with Gasteiger partial charge in [-0.05, 0) is 48.2 Å². The zero-order valence-electron chi connectivity index (χ0n) is 19.1. The molecule has 0 radical (unpaired) electrons. The molecule has 1 aliphatic rings. The van der Waals surface area contributed by atoms with Crippen LogP contribution >= 0.6 is 11.6 Å².